The highest BCUT2D eigenvalue weighted by Crippen LogP contribution is 2.50. The van der Waals surface area contributed by atoms with Crippen molar-refractivity contribution in [2.75, 3.05) is 27.3 Å². The summed E-state index contributed by atoms with van der Waals surface area (Å²) < 4.78 is 42.1. The summed E-state index contributed by atoms with van der Waals surface area (Å²) in [6, 6.07) is 11.9. The summed E-state index contributed by atoms with van der Waals surface area (Å²) in [4.78, 5) is 61.4. The quantitative estimate of drug-likeness (QED) is 0.158. The van der Waals surface area contributed by atoms with E-state index in [-0.39, 0.29) is 31.4 Å². The molecule has 4 aromatic rings. The molecule has 1 saturated carbocycles. The number of phenolic OH excluding ortho intramolecular Hbond substituents is 1. The fourth-order valence-electron chi connectivity index (χ4n) is 9.11. The van der Waals surface area contributed by atoms with Crippen molar-refractivity contribution >= 4 is 34.6 Å². The van der Waals surface area contributed by atoms with Crippen LogP contribution in [0.25, 0.3) is 33.3 Å². The number of nitrogens with zero attached hydrogens (tertiary/aromatic N) is 4. The van der Waals surface area contributed by atoms with Crippen molar-refractivity contribution in [1.82, 2.24) is 30.2 Å². The summed E-state index contributed by atoms with van der Waals surface area (Å²) in [5.74, 6) is -7.78. The van der Waals surface area contributed by atoms with E-state index in [4.69, 9.17) is 14.5 Å². The number of esters is 1. The number of fused-ring (bicyclic) bond motifs is 6. The molecular formula is C47H58F2N6O7. The number of carbonyl (C=O) groups excluding carboxylic acids is 4. The van der Waals surface area contributed by atoms with Gasteiger partial charge in [-0.15, -0.1) is 0 Å². The standard InChI is InChI=1S/C47H58F2N6O7/c1-9-54-38-15-14-29-22-33(38)34(41(54)32-12-10-16-50-39(32)27(4)61-8)23-46(5,6)25-62-45(60)36-13-11-17-55(52-36)44(59)37(20-28-18-30(29)21-31(56)19-28)51-42(57)40(26(2)3)53(7)43(58)35-24-47(35,48)49/h10,12,14-16,18-19,21-22,26-27,35-37,40,52,56H,9,11,13,17,20,23-25H2,1-8H3,(H,51,57)/t27-,35-,36-,37-,40?/m0/s1. The molecule has 6 bridgehead atoms. The van der Waals surface area contributed by atoms with Crippen LogP contribution in [0.15, 0.2) is 54.7 Å². The number of aryl methyl sites for hydroxylation is 1. The van der Waals surface area contributed by atoms with Crippen molar-refractivity contribution < 1.29 is 42.5 Å². The van der Waals surface area contributed by atoms with Gasteiger partial charge >= 0.3 is 5.97 Å². The number of likely N-dealkylation sites (N-methyl/N-ethyl adjacent to an activating group) is 1. The number of cyclic esters (lactones) is 1. The van der Waals surface area contributed by atoms with E-state index in [1.807, 2.05) is 39.0 Å². The highest BCUT2D eigenvalue weighted by Gasteiger charge is 2.62. The molecule has 2 aromatic heterocycles. The minimum atomic E-state index is -3.12. The first-order chi connectivity index (χ1) is 29.3. The van der Waals surface area contributed by atoms with Crippen LogP contribution in [-0.2, 0) is 48.0 Å². The molecule has 4 heterocycles. The van der Waals surface area contributed by atoms with Crippen LogP contribution in [0.4, 0.5) is 8.78 Å². The van der Waals surface area contributed by atoms with Gasteiger partial charge in [0.2, 0.25) is 11.8 Å². The number of hydrogen-bond acceptors (Lipinski definition) is 9. The van der Waals surface area contributed by atoms with Gasteiger partial charge in [-0.1, -0.05) is 39.8 Å². The maximum Gasteiger partial charge on any atom is 0.324 e. The fraction of sp³-hybridized carbons (Fsp3) is 0.511. The first kappa shape index (κ1) is 44.6. The molecule has 3 amide bonds. The number of benzene rings is 2. The molecule has 5 atom stereocenters. The number of halogens is 2. The Morgan fingerprint density at radius 2 is 1.85 bits per heavy atom. The number of hydrazine groups is 1. The Morgan fingerprint density at radius 3 is 2.53 bits per heavy atom. The molecule has 13 nitrogen and oxygen atoms in total. The van der Waals surface area contributed by atoms with Gasteiger partial charge in [-0.3, -0.25) is 29.2 Å². The smallest absolute Gasteiger partial charge is 0.324 e. The lowest BCUT2D eigenvalue weighted by molar-refractivity contribution is -0.155. The van der Waals surface area contributed by atoms with Crippen LogP contribution in [0.5, 0.6) is 5.75 Å². The number of alkyl halides is 2. The van der Waals surface area contributed by atoms with Gasteiger partial charge in [-0.05, 0) is 97.7 Å². The summed E-state index contributed by atoms with van der Waals surface area (Å²) >= 11 is 0. The van der Waals surface area contributed by atoms with Crippen LogP contribution >= 0.6 is 0 Å². The van der Waals surface area contributed by atoms with E-state index in [0.717, 1.165) is 43.9 Å². The zero-order valence-corrected chi connectivity index (χ0v) is 36.8. The number of amides is 3. The second kappa shape index (κ2) is 17.4. The average Bonchev–Trinajstić information content (AvgIpc) is 3.78. The van der Waals surface area contributed by atoms with E-state index in [9.17, 15) is 33.1 Å². The molecule has 7 rings (SSSR count). The Bertz CT molecular complexity index is 2380. The van der Waals surface area contributed by atoms with E-state index >= 15 is 0 Å². The minimum absolute atomic E-state index is 0.0547. The second-order valence-electron chi connectivity index (χ2n) is 18.2. The number of phenols is 1. The molecule has 2 aromatic carbocycles. The number of rotatable bonds is 9. The van der Waals surface area contributed by atoms with Gasteiger partial charge in [0.15, 0.2) is 0 Å². The largest absolute Gasteiger partial charge is 0.508 e. The van der Waals surface area contributed by atoms with Crippen molar-refractivity contribution in [1.29, 1.82) is 0 Å². The zero-order valence-electron chi connectivity index (χ0n) is 36.8. The molecule has 1 saturated heterocycles. The monoisotopic (exact) mass is 856 g/mol. The number of ether oxygens (including phenoxy) is 2. The van der Waals surface area contributed by atoms with Crippen LogP contribution in [0.2, 0.25) is 0 Å². The third-order valence-electron chi connectivity index (χ3n) is 12.5. The third kappa shape index (κ3) is 8.92. The Morgan fingerprint density at radius 1 is 1.11 bits per heavy atom. The molecular weight excluding hydrogens is 799 g/mol. The van der Waals surface area contributed by atoms with Crippen molar-refractivity contribution in [3.05, 3.63) is 71.5 Å². The van der Waals surface area contributed by atoms with Crippen LogP contribution in [-0.4, -0.2) is 99.6 Å². The van der Waals surface area contributed by atoms with Crippen LogP contribution in [0.1, 0.15) is 83.7 Å². The zero-order chi connectivity index (χ0) is 44.8. The second-order valence-corrected chi connectivity index (χ2v) is 18.2. The summed E-state index contributed by atoms with van der Waals surface area (Å²) in [6.07, 6.45) is 2.19. The summed E-state index contributed by atoms with van der Waals surface area (Å²) in [6.45, 7) is 12.5. The molecule has 15 heteroatoms. The molecule has 62 heavy (non-hydrogen) atoms. The van der Waals surface area contributed by atoms with Gasteiger partial charge in [0.1, 0.15) is 29.8 Å². The lowest BCUT2D eigenvalue weighted by Crippen LogP contribution is -2.62. The Kier molecular flexibility index (Phi) is 12.5. The lowest BCUT2D eigenvalue weighted by atomic mass is 9.84. The van der Waals surface area contributed by atoms with E-state index in [2.05, 4.69) is 40.4 Å². The lowest BCUT2D eigenvalue weighted by Gasteiger charge is -2.36. The molecule has 3 aliphatic rings. The van der Waals surface area contributed by atoms with E-state index < -0.39 is 71.4 Å². The van der Waals surface area contributed by atoms with Gasteiger partial charge in [-0.2, -0.15) is 0 Å². The average molecular weight is 857 g/mol. The number of carbonyl (C=O) groups is 4. The van der Waals surface area contributed by atoms with Crippen LogP contribution in [0, 0.1) is 17.3 Å². The molecule has 0 radical (unpaired) electrons. The molecule has 332 valence electrons. The normalized spacial score (nSPS) is 22.1. The first-order valence-electron chi connectivity index (χ1n) is 21.5. The highest BCUT2D eigenvalue weighted by molar-refractivity contribution is 5.96. The van der Waals surface area contributed by atoms with E-state index in [1.54, 1.807) is 33.2 Å². The van der Waals surface area contributed by atoms with Gasteiger partial charge in [0, 0.05) is 68.2 Å². The van der Waals surface area contributed by atoms with Crippen molar-refractivity contribution in [3.8, 4) is 28.1 Å². The van der Waals surface area contributed by atoms with Gasteiger partial charge < -0.3 is 29.4 Å². The maximum atomic E-state index is 14.5. The molecule has 1 aliphatic carbocycles. The minimum Gasteiger partial charge on any atom is -0.508 e. The van der Waals surface area contributed by atoms with Gasteiger partial charge in [0.25, 0.3) is 11.8 Å². The van der Waals surface area contributed by atoms with E-state index in [1.165, 1.54) is 18.1 Å². The van der Waals surface area contributed by atoms with Crippen LogP contribution < -0.4 is 10.7 Å². The fourth-order valence-corrected chi connectivity index (χ4v) is 9.11. The summed E-state index contributed by atoms with van der Waals surface area (Å²) in [7, 11) is 2.98. The molecule has 1 unspecified atom stereocenters. The van der Waals surface area contributed by atoms with Gasteiger partial charge in [0.05, 0.1) is 24.1 Å². The molecule has 0 spiro atoms. The highest BCUT2D eigenvalue weighted by atomic mass is 19.3. The topological polar surface area (TPSA) is 155 Å². The Labute approximate surface area is 361 Å². The summed E-state index contributed by atoms with van der Waals surface area (Å²) in [5.41, 5.74) is 9.20. The molecule has 3 N–H and O–H groups in total. The Balaban J connectivity index is 1.35. The summed E-state index contributed by atoms with van der Waals surface area (Å²) in [5, 5.41) is 16.3. The van der Waals surface area contributed by atoms with Crippen molar-refractivity contribution in [2.45, 2.75) is 110 Å². The predicted octanol–water partition coefficient (Wildman–Crippen LogP) is 6.59. The van der Waals surface area contributed by atoms with Crippen molar-refractivity contribution in [2.24, 2.45) is 17.3 Å². The predicted molar refractivity (Wildman–Crippen MR) is 230 cm³/mol. The number of aromatic hydroxyl groups is 1. The number of nitrogens with one attached hydrogen (secondary N) is 2. The number of pyridine rings is 1. The Hall–Kier alpha value is -5.41. The number of aromatic nitrogens is 2. The third-order valence-corrected chi connectivity index (χ3v) is 12.5. The van der Waals surface area contributed by atoms with Gasteiger partial charge in [-0.25, -0.2) is 14.2 Å². The maximum absolute atomic E-state index is 14.5. The van der Waals surface area contributed by atoms with Crippen molar-refractivity contribution in [3.63, 3.8) is 0 Å². The van der Waals surface area contributed by atoms with E-state index in [0.29, 0.717) is 36.9 Å². The van der Waals surface area contributed by atoms with Crippen LogP contribution in [0.3, 0.4) is 0 Å². The number of hydrogen-bond donors (Lipinski definition) is 3. The SMILES string of the molecule is CCn1c(-c2cccnc2[C@H](C)OC)c2c3cc(ccc31)-c1cc(O)cc(c1)C[C@H](NC(=O)C(C(C)C)N(C)C(=O)[C@@H]1CC1(F)F)C(=O)N1CCC[C@H](N1)C(=O)OCC(C)(C)C2. The molecule has 2 fully saturated rings. The number of methoxy groups -OCH3 is 1. The first-order valence-corrected chi connectivity index (χ1v) is 21.5. The molecule has 2 aliphatic heterocycles.